The Hall–Kier alpha value is -6.32. The molecule has 0 saturated heterocycles. The Bertz CT molecular complexity index is 3460. The Morgan fingerprint density at radius 3 is 1.17 bits per heavy atom. The molecular formula is C64H50S2. The summed E-state index contributed by atoms with van der Waals surface area (Å²) in [4.78, 5) is 5.46. The summed E-state index contributed by atoms with van der Waals surface area (Å²) in [6.07, 6.45) is 0. The van der Waals surface area contributed by atoms with Crippen molar-refractivity contribution < 1.29 is 0 Å². The van der Waals surface area contributed by atoms with E-state index in [4.69, 9.17) is 0 Å². The van der Waals surface area contributed by atoms with Gasteiger partial charge in [0.05, 0.1) is 5.41 Å². The Morgan fingerprint density at radius 1 is 0.273 bits per heavy atom. The fraction of sp³-hybridized carbons (Fsp3) is 0.156. The van der Waals surface area contributed by atoms with Crippen LogP contribution in [0.5, 0.6) is 0 Å². The zero-order chi connectivity index (χ0) is 44.7. The van der Waals surface area contributed by atoms with Crippen LogP contribution in [-0.4, -0.2) is 0 Å². The first-order valence-corrected chi connectivity index (χ1v) is 25.1. The molecule has 2 heteroatoms. The standard InChI is InChI=1S/C64H50S2/c1-61(2)47-30-15-13-26-45(47)55-49(61)34-36-52-59(55)65-57-43(28-18-32-51(57)63(52,5)6)39-20-17-21-40(38-39)44-29-19-33-53-58(44)66-60-54(37-35-50-56(60)46-27-14-16-31-48(46)62(50,3)4)64(53,41-22-9-7-10-23-41)42-24-11-8-12-25-42/h7-38H,1-6H3. The molecule has 2 aliphatic heterocycles. The van der Waals surface area contributed by atoms with Gasteiger partial charge in [-0.3, -0.25) is 0 Å². The Balaban J connectivity index is 1.02. The van der Waals surface area contributed by atoms with E-state index < -0.39 is 5.41 Å². The van der Waals surface area contributed by atoms with Gasteiger partial charge in [-0.1, -0.05) is 253 Å². The van der Waals surface area contributed by atoms with Gasteiger partial charge in [-0.25, -0.2) is 0 Å². The van der Waals surface area contributed by atoms with Crippen LogP contribution in [-0.2, 0) is 21.7 Å². The average Bonchev–Trinajstić information content (AvgIpc) is 3.73. The molecule has 2 heterocycles. The van der Waals surface area contributed by atoms with Crippen LogP contribution < -0.4 is 0 Å². The van der Waals surface area contributed by atoms with E-state index in [1.165, 1.54) is 120 Å². The van der Waals surface area contributed by atoms with E-state index in [9.17, 15) is 0 Å². The third-order valence-electron chi connectivity index (χ3n) is 15.9. The first-order chi connectivity index (χ1) is 32.0. The molecule has 318 valence electrons. The lowest BCUT2D eigenvalue weighted by Gasteiger charge is -2.43. The van der Waals surface area contributed by atoms with E-state index in [-0.39, 0.29) is 16.2 Å². The van der Waals surface area contributed by atoms with Gasteiger partial charge in [0.25, 0.3) is 0 Å². The largest absolute Gasteiger partial charge is 0.0881 e. The molecule has 0 saturated carbocycles. The van der Waals surface area contributed by atoms with Crippen LogP contribution in [0.25, 0.3) is 44.5 Å². The first kappa shape index (κ1) is 40.0. The fourth-order valence-electron chi connectivity index (χ4n) is 12.6. The third-order valence-corrected chi connectivity index (χ3v) is 18.4. The summed E-state index contributed by atoms with van der Waals surface area (Å²) in [7, 11) is 0. The number of fused-ring (bicyclic) bond motifs is 12. The lowest BCUT2D eigenvalue weighted by Crippen LogP contribution is -2.34. The van der Waals surface area contributed by atoms with Gasteiger partial charge in [-0.15, -0.1) is 0 Å². The maximum absolute atomic E-state index is 2.47. The summed E-state index contributed by atoms with van der Waals surface area (Å²) in [5.74, 6) is 0. The summed E-state index contributed by atoms with van der Waals surface area (Å²) >= 11 is 3.97. The lowest BCUT2D eigenvalue weighted by molar-refractivity contribution is 0.605. The summed E-state index contributed by atoms with van der Waals surface area (Å²) < 4.78 is 0. The van der Waals surface area contributed by atoms with Gasteiger partial charge >= 0.3 is 0 Å². The summed E-state index contributed by atoms with van der Waals surface area (Å²) in [5.41, 5.74) is 23.4. The van der Waals surface area contributed by atoms with E-state index in [0.717, 1.165) is 0 Å². The summed E-state index contributed by atoms with van der Waals surface area (Å²) in [6.45, 7) is 14.4. The van der Waals surface area contributed by atoms with Crippen LogP contribution in [0.4, 0.5) is 0 Å². The highest BCUT2D eigenvalue weighted by Gasteiger charge is 2.49. The SMILES string of the molecule is CC1(C)c2cccc(-c3cccc(-c4cccc5c4Sc4c(ccc6c4-c4ccccc4C6(C)C)C5(c4ccccc4)c4ccccc4)c3)c2Sc2c1ccc1c2-c2ccccc2C1(C)C. The molecule has 0 radical (unpaired) electrons. The Kier molecular flexibility index (Phi) is 8.54. The van der Waals surface area contributed by atoms with Gasteiger partial charge in [0.15, 0.2) is 0 Å². The normalized spacial score (nSPS) is 16.7. The molecule has 0 nitrogen and oxygen atoms in total. The molecule has 9 aromatic carbocycles. The first-order valence-electron chi connectivity index (χ1n) is 23.4. The highest BCUT2D eigenvalue weighted by Crippen LogP contribution is 2.64. The van der Waals surface area contributed by atoms with Crippen molar-refractivity contribution in [3.63, 3.8) is 0 Å². The van der Waals surface area contributed by atoms with E-state index in [0.29, 0.717) is 0 Å². The molecule has 66 heavy (non-hydrogen) atoms. The Labute approximate surface area is 398 Å². The molecule has 0 bridgehead atoms. The fourth-order valence-corrected chi connectivity index (χ4v) is 15.7. The predicted molar refractivity (Wildman–Crippen MR) is 278 cm³/mol. The van der Waals surface area contributed by atoms with E-state index >= 15 is 0 Å². The number of hydrogen-bond acceptors (Lipinski definition) is 2. The van der Waals surface area contributed by atoms with E-state index in [1.54, 1.807) is 0 Å². The predicted octanol–water partition coefficient (Wildman–Crippen LogP) is 17.3. The Morgan fingerprint density at radius 2 is 0.621 bits per heavy atom. The molecule has 4 aliphatic rings. The zero-order valence-corrected chi connectivity index (χ0v) is 39.9. The number of benzene rings is 9. The van der Waals surface area contributed by atoms with Gasteiger partial charge in [0, 0.05) is 47.0 Å². The van der Waals surface area contributed by atoms with Crippen molar-refractivity contribution >= 4 is 23.5 Å². The quantitative estimate of drug-likeness (QED) is 0.173. The minimum Gasteiger partial charge on any atom is -0.0881 e. The van der Waals surface area contributed by atoms with Crippen LogP contribution in [0, 0.1) is 0 Å². The minimum atomic E-state index is -0.551. The monoisotopic (exact) mass is 882 g/mol. The van der Waals surface area contributed by atoms with Crippen molar-refractivity contribution in [2.45, 2.75) is 82.8 Å². The molecule has 9 aromatic rings. The number of hydrogen-bond donors (Lipinski definition) is 0. The van der Waals surface area contributed by atoms with Gasteiger partial charge in [-0.05, 0) is 95.1 Å². The summed E-state index contributed by atoms with van der Waals surface area (Å²) in [6, 6.07) is 74.0. The molecule has 0 atom stereocenters. The van der Waals surface area contributed by atoms with Crippen molar-refractivity contribution in [2.24, 2.45) is 0 Å². The molecule has 13 rings (SSSR count). The maximum Gasteiger partial charge on any atom is 0.0723 e. The molecule has 0 amide bonds. The third kappa shape index (κ3) is 5.26. The topological polar surface area (TPSA) is 0 Å². The minimum absolute atomic E-state index is 0.0502. The van der Waals surface area contributed by atoms with Crippen molar-refractivity contribution in [3.05, 3.63) is 250 Å². The molecule has 0 spiro atoms. The van der Waals surface area contributed by atoms with Crippen molar-refractivity contribution in [1.82, 2.24) is 0 Å². The average molecular weight is 883 g/mol. The second-order valence-corrected chi connectivity index (χ2v) is 22.4. The highest BCUT2D eigenvalue weighted by atomic mass is 32.2. The van der Waals surface area contributed by atoms with Gasteiger partial charge in [0.1, 0.15) is 0 Å². The van der Waals surface area contributed by atoms with E-state index in [2.05, 4.69) is 236 Å². The van der Waals surface area contributed by atoms with Crippen molar-refractivity contribution in [1.29, 1.82) is 0 Å². The van der Waals surface area contributed by atoms with Crippen LogP contribution in [0.3, 0.4) is 0 Å². The molecule has 0 fully saturated rings. The second-order valence-electron chi connectivity index (χ2n) is 20.3. The van der Waals surface area contributed by atoms with Gasteiger partial charge in [0.2, 0.25) is 0 Å². The van der Waals surface area contributed by atoms with Gasteiger partial charge < -0.3 is 0 Å². The zero-order valence-electron chi connectivity index (χ0n) is 38.3. The molecule has 0 N–H and O–H groups in total. The molecule has 0 unspecified atom stereocenters. The molecule has 2 aliphatic carbocycles. The number of rotatable bonds is 4. The van der Waals surface area contributed by atoms with Crippen LogP contribution in [0.2, 0.25) is 0 Å². The molecular weight excluding hydrogens is 833 g/mol. The maximum atomic E-state index is 2.47. The van der Waals surface area contributed by atoms with Crippen LogP contribution in [0.15, 0.2) is 214 Å². The molecule has 0 aromatic heterocycles. The van der Waals surface area contributed by atoms with E-state index in [1.807, 2.05) is 23.5 Å². The summed E-state index contributed by atoms with van der Waals surface area (Å²) in [5, 5.41) is 0. The van der Waals surface area contributed by atoms with Crippen molar-refractivity contribution in [3.8, 4) is 44.5 Å². The van der Waals surface area contributed by atoms with Crippen molar-refractivity contribution in [2.75, 3.05) is 0 Å². The smallest absolute Gasteiger partial charge is 0.0723 e. The second kappa shape index (κ2) is 14.1. The van der Waals surface area contributed by atoms with Crippen LogP contribution in [0.1, 0.15) is 97.2 Å². The lowest BCUT2D eigenvalue weighted by atomic mass is 9.64. The van der Waals surface area contributed by atoms with Gasteiger partial charge in [-0.2, -0.15) is 0 Å². The van der Waals surface area contributed by atoms with Crippen LogP contribution >= 0.6 is 23.5 Å². The highest BCUT2D eigenvalue weighted by molar-refractivity contribution is 8.00.